The molecule has 1 aliphatic heterocycles. The van der Waals surface area contributed by atoms with Gasteiger partial charge in [-0.3, -0.25) is 5.26 Å². The number of benzene rings is 1. The quantitative estimate of drug-likeness (QED) is 0.362. The fourth-order valence-corrected chi connectivity index (χ4v) is 1.35. The molecule has 1 N–H and O–H groups in total. The van der Waals surface area contributed by atoms with Crippen molar-refractivity contribution in [1.82, 2.24) is 0 Å². The van der Waals surface area contributed by atoms with Crippen LogP contribution < -0.4 is 0 Å². The van der Waals surface area contributed by atoms with E-state index >= 15 is 0 Å². The summed E-state index contributed by atoms with van der Waals surface area (Å²) in [5, 5.41) is 11.9. The lowest BCUT2D eigenvalue weighted by Crippen LogP contribution is -2.05. The Morgan fingerprint density at radius 3 is 2.56 bits per heavy atom. The van der Waals surface area contributed by atoms with E-state index in [1.807, 2.05) is 0 Å². The van der Waals surface area contributed by atoms with E-state index in [0.29, 0.717) is 5.71 Å². The molecule has 0 radical (unpaired) electrons. The lowest BCUT2D eigenvalue weighted by molar-refractivity contribution is -0.253. The lowest BCUT2D eigenvalue weighted by Gasteiger charge is -2.01. The molecule has 1 aromatic rings. The maximum Gasteiger partial charge on any atom is 0.367 e. The third kappa shape index (κ3) is 1.86. The molecular weight excluding hydrogens is 210 g/mol. The van der Waals surface area contributed by atoms with E-state index < -0.39 is 5.97 Å². The molecular formula is C11H9NO4. The molecule has 1 aliphatic rings. The lowest BCUT2D eigenvalue weighted by atomic mass is 10.0. The van der Waals surface area contributed by atoms with Gasteiger partial charge in [0.1, 0.15) is 12.3 Å². The van der Waals surface area contributed by atoms with Crippen molar-refractivity contribution >= 4 is 11.7 Å². The molecule has 16 heavy (non-hydrogen) atoms. The first-order valence-corrected chi connectivity index (χ1v) is 4.56. The van der Waals surface area contributed by atoms with Gasteiger partial charge in [0.25, 0.3) is 0 Å². The first-order chi connectivity index (χ1) is 7.72. The second kappa shape index (κ2) is 4.26. The number of hydrogen-bond donors (Lipinski definition) is 1. The fourth-order valence-electron chi connectivity index (χ4n) is 1.35. The van der Waals surface area contributed by atoms with Crippen LogP contribution in [0.5, 0.6) is 0 Å². The van der Waals surface area contributed by atoms with Gasteiger partial charge < -0.3 is 4.84 Å². The third-order valence-corrected chi connectivity index (χ3v) is 2.21. The van der Waals surface area contributed by atoms with E-state index in [0.717, 1.165) is 11.1 Å². The Hall–Kier alpha value is -1.98. The van der Waals surface area contributed by atoms with Crippen molar-refractivity contribution < 1.29 is 19.8 Å². The molecule has 0 amide bonds. The first-order valence-electron chi connectivity index (χ1n) is 4.56. The Balaban J connectivity index is 2.23. The Morgan fingerprint density at radius 2 is 2.06 bits per heavy atom. The summed E-state index contributed by atoms with van der Waals surface area (Å²) in [5.74, 6) is -0.530. The van der Waals surface area contributed by atoms with Gasteiger partial charge in [0.15, 0.2) is 0 Å². The van der Waals surface area contributed by atoms with Crippen LogP contribution in [0, 0.1) is 0 Å². The largest absolute Gasteiger partial charge is 0.367 e. The van der Waals surface area contributed by atoms with Crippen molar-refractivity contribution in [2.24, 2.45) is 5.16 Å². The molecule has 0 saturated carbocycles. The van der Waals surface area contributed by atoms with E-state index in [4.69, 9.17) is 5.26 Å². The third-order valence-electron chi connectivity index (χ3n) is 2.21. The van der Waals surface area contributed by atoms with Gasteiger partial charge in [-0.05, 0) is 5.56 Å². The Labute approximate surface area is 91.5 Å². The average Bonchev–Trinajstić information content (AvgIpc) is 2.62. The molecule has 0 fully saturated rings. The van der Waals surface area contributed by atoms with Crippen LogP contribution in [-0.4, -0.2) is 16.9 Å². The van der Waals surface area contributed by atoms with E-state index in [-0.39, 0.29) is 12.2 Å². The number of carbonyl (C=O) groups is 1. The summed E-state index contributed by atoms with van der Waals surface area (Å²) in [6, 6.07) is 7.01. The van der Waals surface area contributed by atoms with Crippen molar-refractivity contribution in [3.8, 4) is 0 Å². The molecule has 0 spiro atoms. The smallest absolute Gasteiger partial charge is 0.312 e. The molecule has 0 atom stereocenters. The van der Waals surface area contributed by atoms with Crippen molar-refractivity contribution in [2.45, 2.75) is 6.61 Å². The van der Waals surface area contributed by atoms with Gasteiger partial charge in [-0.15, -0.1) is 0 Å². The number of nitrogens with zero attached hydrogens (tertiary/aromatic N) is 1. The van der Waals surface area contributed by atoms with E-state index in [1.165, 1.54) is 0 Å². The SMILES string of the molecule is C=C1C(=O)ON=C1c1ccc(COO)cc1. The molecule has 5 heteroatoms. The first kappa shape index (κ1) is 10.5. The Bertz CT molecular complexity index is 461. The maximum atomic E-state index is 11.0. The van der Waals surface area contributed by atoms with Crippen LogP contribution in [-0.2, 0) is 21.1 Å². The summed E-state index contributed by atoms with van der Waals surface area (Å²) in [6.45, 7) is 3.70. The summed E-state index contributed by atoms with van der Waals surface area (Å²) in [4.78, 5) is 19.5. The van der Waals surface area contributed by atoms with Gasteiger partial charge in [-0.2, -0.15) is 0 Å². The van der Waals surface area contributed by atoms with Crippen LogP contribution in [0.3, 0.4) is 0 Å². The highest BCUT2D eigenvalue weighted by Gasteiger charge is 2.24. The zero-order valence-corrected chi connectivity index (χ0v) is 8.34. The number of oxime groups is 1. The summed E-state index contributed by atoms with van der Waals surface area (Å²) in [5.41, 5.74) is 2.22. The minimum Gasteiger partial charge on any atom is -0.312 e. The summed E-state index contributed by atoms with van der Waals surface area (Å²) >= 11 is 0. The molecule has 2 rings (SSSR count). The standard InChI is InChI=1S/C11H9NO4/c1-7-10(12-16-11(7)13)9-4-2-8(3-5-9)6-15-14/h2-5,14H,1,6H2. The highest BCUT2D eigenvalue weighted by Crippen LogP contribution is 2.16. The zero-order valence-electron chi connectivity index (χ0n) is 8.34. The Morgan fingerprint density at radius 1 is 1.38 bits per heavy atom. The van der Waals surface area contributed by atoms with Crippen LogP contribution in [0.15, 0.2) is 41.6 Å². The van der Waals surface area contributed by atoms with Crippen molar-refractivity contribution in [3.63, 3.8) is 0 Å². The van der Waals surface area contributed by atoms with Gasteiger partial charge in [-0.1, -0.05) is 36.0 Å². The average molecular weight is 219 g/mol. The second-order valence-electron chi connectivity index (χ2n) is 3.27. The fraction of sp³-hybridized carbons (Fsp3) is 0.0909. The molecule has 1 heterocycles. The van der Waals surface area contributed by atoms with Crippen LogP contribution in [0.25, 0.3) is 0 Å². The number of rotatable bonds is 3. The second-order valence-corrected chi connectivity index (χ2v) is 3.27. The predicted molar refractivity (Wildman–Crippen MR) is 55.6 cm³/mol. The molecule has 5 nitrogen and oxygen atoms in total. The van der Waals surface area contributed by atoms with Gasteiger partial charge in [0.2, 0.25) is 0 Å². The molecule has 0 unspecified atom stereocenters. The van der Waals surface area contributed by atoms with Gasteiger partial charge in [0, 0.05) is 5.56 Å². The molecule has 0 aromatic heterocycles. The van der Waals surface area contributed by atoms with Gasteiger partial charge >= 0.3 is 5.97 Å². The van der Waals surface area contributed by atoms with E-state index in [2.05, 4.69) is 21.5 Å². The zero-order chi connectivity index (χ0) is 11.5. The summed E-state index contributed by atoms with van der Waals surface area (Å²) in [6.07, 6.45) is 0. The number of carbonyl (C=O) groups excluding carboxylic acids is 1. The van der Waals surface area contributed by atoms with Gasteiger partial charge in [-0.25, -0.2) is 9.68 Å². The van der Waals surface area contributed by atoms with Crippen molar-refractivity contribution in [3.05, 3.63) is 47.5 Å². The molecule has 0 bridgehead atoms. The van der Waals surface area contributed by atoms with Crippen molar-refractivity contribution in [2.75, 3.05) is 0 Å². The van der Waals surface area contributed by atoms with Crippen LogP contribution >= 0.6 is 0 Å². The summed E-state index contributed by atoms with van der Waals surface area (Å²) < 4.78 is 0. The molecule has 0 saturated heterocycles. The summed E-state index contributed by atoms with van der Waals surface area (Å²) in [7, 11) is 0. The maximum absolute atomic E-state index is 11.0. The van der Waals surface area contributed by atoms with E-state index in [1.54, 1.807) is 24.3 Å². The van der Waals surface area contributed by atoms with Crippen molar-refractivity contribution in [1.29, 1.82) is 0 Å². The van der Waals surface area contributed by atoms with Crippen LogP contribution in [0.4, 0.5) is 0 Å². The Kier molecular flexibility index (Phi) is 2.80. The van der Waals surface area contributed by atoms with Crippen LogP contribution in [0.2, 0.25) is 0 Å². The predicted octanol–water partition coefficient (Wildman–Crippen LogP) is 1.49. The minimum absolute atomic E-state index is 0.114. The highest BCUT2D eigenvalue weighted by molar-refractivity contribution is 6.28. The number of hydrogen-bond acceptors (Lipinski definition) is 5. The minimum atomic E-state index is -0.530. The van der Waals surface area contributed by atoms with Gasteiger partial charge in [0.05, 0.1) is 5.57 Å². The monoisotopic (exact) mass is 219 g/mol. The normalized spacial score (nSPS) is 14.9. The molecule has 1 aromatic carbocycles. The highest BCUT2D eigenvalue weighted by atomic mass is 17.1. The van der Waals surface area contributed by atoms with E-state index in [9.17, 15) is 4.79 Å². The molecule has 0 aliphatic carbocycles. The van der Waals surface area contributed by atoms with Crippen LogP contribution in [0.1, 0.15) is 11.1 Å². The molecule has 82 valence electrons. The topological polar surface area (TPSA) is 68.1 Å².